The van der Waals surface area contributed by atoms with Crippen molar-refractivity contribution < 1.29 is 17.1 Å². The number of hydrazone groups is 2. The van der Waals surface area contributed by atoms with E-state index in [9.17, 15) is 0 Å². The summed E-state index contributed by atoms with van der Waals surface area (Å²) >= 11 is 10.4. The number of aliphatic imine (C=N–C) groups is 2. The molecular weight excluding hydrogens is 452 g/mol. The van der Waals surface area contributed by atoms with Gasteiger partial charge in [-0.1, -0.05) is 48.6 Å². The fourth-order valence-corrected chi connectivity index (χ4v) is 3.03. The average molecular weight is 470 g/mol. The molecule has 0 fully saturated rings. The summed E-state index contributed by atoms with van der Waals surface area (Å²) in [5.74, 6) is 0. The van der Waals surface area contributed by atoms with Crippen LogP contribution in [0.1, 0.15) is 11.1 Å². The molecule has 1 aliphatic carbocycles. The Labute approximate surface area is 191 Å². The van der Waals surface area contributed by atoms with E-state index in [0.717, 1.165) is 21.9 Å². The van der Waals surface area contributed by atoms with Gasteiger partial charge in [-0.05, 0) is 15.7 Å². The molecule has 3 rings (SSSR count). The number of hydrogen-bond donors (Lipinski definition) is 2. The standard InChI is InChI=1S/C20H20N6S2.Cu/c1-3-11-21-19(27)25-23-17-14-9-5-7-13-8-6-10-15(16(13)14)18(17)24-26-20(28)22-12-4-2;/h3-10H,1-2,11-12H2,(H2,21,25,27)(H2,22,26,28);/q;+2/p-2/b23-17+,24-18+;. The molecule has 9 heteroatoms. The number of hydrogen-bond acceptors (Lipinski definition) is 6. The quantitative estimate of drug-likeness (QED) is 0.170. The van der Waals surface area contributed by atoms with Crippen LogP contribution in [0.15, 0.2) is 81.9 Å². The number of amidine groups is 2. The maximum atomic E-state index is 5.18. The van der Waals surface area contributed by atoms with E-state index in [0.29, 0.717) is 24.5 Å². The fourth-order valence-electron chi connectivity index (χ4n) is 2.79. The van der Waals surface area contributed by atoms with Gasteiger partial charge in [0.05, 0.1) is 13.1 Å². The van der Waals surface area contributed by atoms with Crippen LogP contribution < -0.4 is 10.9 Å². The van der Waals surface area contributed by atoms with Crippen LogP contribution in [0.4, 0.5) is 0 Å². The Hall–Kier alpha value is -2.58. The van der Waals surface area contributed by atoms with Gasteiger partial charge in [-0.15, -0.1) is 13.2 Å². The van der Waals surface area contributed by atoms with Crippen molar-refractivity contribution in [3.05, 3.63) is 72.8 Å². The normalized spacial score (nSPS) is 16.0. The zero-order chi connectivity index (χ0) is 19.9. The van der Waals surface area contributed by atoms with Crippen LogP contribution in [-0.2, 0) is 42.3 Å². The van der Waals surface area contributed by atoms with Gasteiger partial charge in [0.25, 0.3) is 0 Å². The summed E-state index contributed by atoms with van der Waals surface area (Å²) in [4.78, 5) is 8.26. The minimum atomic E-state index is 0. The third-order valence-electron chi connectivity index (χ3n) is 3.89. The Morgan fingerprint density at radius 2 is 1.28 bits per heavy atom. The second kappa shape index (κ2) is 10.8. The van der Waals surface area contributed by atoms with Gasteiger partial charge < -0.3 is 25.3 Å². The third kappa shape index (κ3) is 5.27. The molecule has 0 atom stereocenters. The molecule has 151 valence electrons. The molecule has 0 saturated heterocycles. The number of benzene rings is 2. The van der Waals surface area contributed by atoms with Crippen molar-refractivity contribution in [2.45, 2.75) is 0 Å². The Morgan fingerprint density at radius 3 is 1.69 bits per heavy atom. The number of nitrogens with one attached hydrogen (secondary N) is 2. The molecule has 29 heavy (non-hydrogen) atoms. The van der Waals surface area contributed by atoms with Crippen LogP contribution >= 0.6 is 0 Å². The smallest absolute Gasteiger partial charge is 0.741 e. The third-order valence-corrected chi connectivity index (χ3v) is 4.33. The molecule has 0 aliphatic heterocycles. The van der Waals surface area contributed by atoms with E-state index in [1.54, 1.807) is 12.2 Å². The van der Waals surface area contributed by atoms with E-state index in [2.05, 4.69) is 56.3 Å². The van der Waals surface area contributed by atoms with Crippen LogP contribution in [0.3, 0.4) is 0 Å². The zero-order valence-corrected chi connectivity index (χ0v) is 17.9. The van der Waals surface area contributed by atoms with E-state index >= 15 is 0 Å². The van der Waals surface area contributed by atoms with Gasteiger partial charge in [0, 0.05) is 16.5 Å². The van der Waals surface area contributed by atoms with Gasteiger partial charge in [0.1, 0.15) is 11.4 Å². The Bertz CT molecular complexity index is 964. The first-order valence-corrected chi connectivity index (χ1v) is 9.32. The Kier molecular flexibility index (Phi) is 8.48. The summed E-state index contributed by atoms with van der Waals surface area (Å²) in [5, 5.41) is 11.7. The molecule has 0 aromatic heterocycles. The summed E-state index contributed by atoms with van der Waals surface area (Å²) in [6.07, 6.45) is 3.33. The maximum absolute atomic E-state index is 5.18. The molecule has 0 bridgehead atoms. The summed E-state index contributed by atoms with van der Waals surface area (Å²) in [6.45, 7) is 8.10. The number of rotatable bonds is 6. The van der Waals surface area contributed by atoms with Gasteiger partial charge in [-0.25, -0.2) is 0 Å². The van der Waals surface area contributed by atoms with E-state index in [1.165, 1.54) is 0 Å². The van der Waals surface area contributed by atoms with E-state index in [-0.39, 0.29) is 27.4 Å². The van der Waals surface area contributed by atoms with Crippen molar-refractivity contribution in [3.63, 3.8) is 0 Å². The van der Waals surface area contributed by atoms with Crippen molar-refractivity contribution in [3.8, 4) is 0 Å². The maximum Gasteiger partial charge on any atom is 2.00 e. The topological polar surface area (TPSA) is 73.5 Å². The molecular formula is C20H18CuN6S2. The Balaban J connectivity index is 0.00000300. The fraction of sp³-hybridized carbons (Fsp3) is 0.100. The molecule has 0 spiro atoms. The minimum Gasteiger partial charge on any atom is -0.741 e. The summed E-state index contributed by atoms with van der Waals surface area (Å²) in [7, 11) is 0. The second-order valence-corrected chi connectivity index (χ2v) is 6.50. The van der Waals surface area contributed by atoms with Crippen LogP contribution in [0.25, 0.3) is 10.8 Å². The molecule has 6 nitrogen and oxygen atoms in total. The molecule has 0 unspecified atom stereocenters. The monoisotopic (exact) mass is 469 g/mol. The van der Waals surface area contributed by atoms with Crippen molar-refractivity contribution in [1.29, 1.82) is 0 Å². The van der Waals surface area contributed by atoms with Gasteiger partial charge in [-0.3, -0.25) is 20.8 Å². The second-order valence-electron chi connectivity index (χ2n) is 5.72. The molecule has 0 amide bonds. The van der Waals surface area contributed by atoms with Crippen molar-refractivity contribution in [2.75, 3.05) is 13.1 Å². The largest absolute Gasteiger partial charge is 2.00 e. The summed E-state index contributed by atoms with van der Waals surface area (Å²) in [5.41, 5.74) is 8.86. The molecule has 0 saturated carbocycles. The first kappa shape index (κ1) is 22.7. The number of nitrogens with zero attached hydrogens (tertiary/aromatic N) is 4. The van der Waals surface area contributed by atoms with E-state index in [1.807, 2.05) is 24.3 Å². The van der Waals surface area contributed by atoms with Crippen LogP contribution in [0.5, 0.6) is 0 Å². The van der Waals surface area contributed by atoms with Crippen molar-refractivity contribution in [2.24, 2.45) is 20.2 Å². The summed E-state index contributed by atoms with van der Waals surface area (Å²) < 4.78 is 0. The molecule has 0 heterocycles. The zero-order valence-electron chi connectivity index (χ0n) is 15.4. The van der Waals surface area contributed by atoms with Crippen LogP contribution in [-0.4, -0.2) is 34.8 Å². The van der Waals surface area contributed by atoms with Gasteiger partial charge in [-0.2, -0.15) is 10.2 Å². The Morgan fingerprint density at radius 1 is 0.828 bits per heavy atom. The molecule has 1 radical (unpaired) electrons. The summed E-state index contributed by atoms with van der Waals surface area (Å²) in [6, 6.07) is 12.1. The van der Waals surface area contributed by atoms with E-state index in [4.69, 9.17) is 25.3 Å². The van der Waals surface area contributed by atoms with Gasteiger partial charge >= 0.3 is 17.1 Å². The van der Waals surface area contributed by atoms with Crippen molar-refractivity contribution >= 4 is 57.8 Å². The van der Waals surface area contributed by atoms with Gasteiger partial charge in [0.15, 0.2) is 0 Å². The molecule has 2 aromatic carbocycles. The molecule has 1 aliphatic rings. The first-order valence-electron chi connectivity index (χ1n) is 8.50. The predicted molar refractivity (Wildman–Crippen MR) is 123 cm³/mol. The van der Waals surface area contributed by atoms with Gasteiger partial charge in [0.2, 0.25) is 0 Å². The van der Waals surface area contributed by atoms with Crippen molar-refractivity contribution in [1.82, 2.24) is 10.9 Å². The molecule has 2 aromatic rings. The average Bonchev–Trinajstić information content (AvgIpc) is 3.02. The predicted octanol–water partition coefficient (Wildman–Crippen LogP) is 2.62. The first-order chi connectivity index (χ1) is 13.7. The minimum absolute atomic E-state index is 0. The van der Waals surface area contributed by atoms with E-state index < -0.39 is 0 Å². The van der Waals surface area contributed by atoms with Crippen LogP contribution in [0.2, 0.25) is 0 Å². The van der Waals surface area contributed by atoms with Crippen LogP contribution in [0, 0.1) is 0 Å². The molecule has 2 N–H and O–H groups in total. The SMILES string of the molecule is C=CCN=C([S-])N/N=C1/C(=N/NC([S-])=NCC=C)c2cccc3cccc1c23.[Cu+2].